The Balaban J connectivity index is 3.31. The van der Waals surface area contributed by atoms with Gasteiger partial charge in [0.15, 0.2) is 0 Å². The predicted molar refractivity (Wildman–Crippen MR) is 89.7 cm³/mol. The Bertz CT molecular complexity index is 470. The number of phenolic OH excluding ortho intramolecular Hbond substituents is 1. The van der Waals surface area contributed by atoms with Crippen LogP contribution in [0.4, 0.5) is 0 Å². The zero-order chi connectivity index (χ0) is 16.3. The molecule has 0 saturated heterocycles. The molecule has 3 heteroatoms. The van der Waals surface area contributed by atoms with Gasteiger partial charge in [-0.1, -0.05) is 41.5 Å². The van der Waals surface area contributed by atoms with Gasteiger partial charge < -0.3 is 10.2 Å². The fraction of sp³-hybridized carbons (Fsp3) is 0.611. The van der Waals surface area contributed by atoms with E-state index in [1.165, 1.54) is 0 Å². The van der Waals surface area contributed by atoms with Crippen molar-refractivity contribution in [1.29, 1.82) is 0 Å². The van der Waals surface area contributed by atoms with Crippen LogP contribution in [0.5, 0.6) is 5.75 Å². The second kappa shape index (κ2) is 6.61. The molecule has 0 radical (unpaired) electrons. The van der Waals surface area contributed by atoms with E-state index in [0.717, 1.165) is 16.7 Å². The molecular weight excluding hydrogens is 262 g/mol. The summed E-state index contributed by atoms with van der Waals surface area (Å²) in [6.45, 7) is 13.4. The first-order valence-corrected chi connectivity index (χ1v) is 7.56. The van der Waals surface area contributed by atoms with Gasteiger partial charge in [0.1, 0.15) is 5.75 Å². The van der Waals surface area contributed by atoms with Gasteiger partial charge in [-0.15, -0.1) is 0 Å². The lowest BCUT2D eigenvalue weighted by molar-refractivity contribution is 0.291. The van der Waals surface area contributed by atoms with Crippen molar-refractivity contribution in [2.45, 2.75) is 58.8 Å². The monoisotopic (exact) mass is 291 g/mol. The van der Waals surface area contributed by atoms with Crippen LogP contribution in [-0.2, 0) is 10.8 Å². The van der Waals surface area contributed by atoms with Crippen molar-refractivity contribution in [3.8, 4) is 5.75 Å². The Kier molecular flexibility index (Phi) is 5.57. The van der Waals surface area contributed by atoms with Crippen LogP contribution in [0, 0.1) is 0 Å². The fourth-order valence-corrected chi connectivity index (χ4v) is 2.21. The van der Waals surface area contributed by atoms with Gasteiger partial charge in [0.05, 0.1) is 0 Å². The highest BCUT2D eigenvalue weighted by molar-refractivity contribution is 5.81. The minimum Gasteiger partial charge on any atom is -0.507 e. The number of rotatable bonds is 4. The van der Waals surface area contributed by atoms with E-state index in [4.69, 9.17) is 5.11 Å². The van der Waals surface area contributed by atoms with Crippen molar-refractivity contribution in [2.75, 3.05) is 13.2 Å². The number of nitrogens with zero attached hydrogens (tertiary/aromatic N) is 1. The normalized spacial score (nSPS) is 13.1. The van der Waals surface area contributed by atoms with Crippen LogP contribution < -0.4 is 0 Å². The number of aliphatic hydroxyl groups is 1. The van der Waals surface area contributed by atoms with Crippen molar-refractivity contribution in [1.82, 2.24) is 0 Å². The predicted octanol–water partition coefficient (Wildman–Crippen LogP) is 3.79. The molecule has 0 bridgehead atoms. The van der Waals surface area contributed by atoms with Gasteiger partial charge in [-0.25, -0.2) is 0 Å². The first kappa shape index (κ1) is 17.7. The van der Waals surface area contributed by atoms with E-state index in [0.29, 0.717) is 18.7 Å². The molecule has 0 aliphatic carbocycles. The van der Waals surface area contributed by atoms with Crippen LogP contribution >= 0.6 is 0 Å². The summed E-state index contributed by atoms with van der Waals surface area (Å²) in [7, 11) is 0. The van der Waals surface area contributed by atoms with Crippen molar-refractivity contribution in [3.05, 3.63) is 28.8 Å². The quantitative estimate of drug-likeness (QED) is 0.655. The maximum Gasteiger partial charge on any atom is 0.123 e. The van der Waals surface area contributed by atoms with Crippen molar-refractivity contribution in [3.63, 3.8) is 0 Å². The van der Waals surface area contributed by atoms with Gasteiger partial charge in [0.25, 0.3) is 0 Å². The Labute approximate surface area is 128 Å². The first-order chi connectivity index (χ1) is 9.57. The molecule has 1 aromatic rings. The summed E-state index contributed by atoms with van der Waals surface area (Å²) >= 11 is 0. The first-order valence-electron chi connectivity index (χ1n) is 7.56. The second-order valence-electron chi connectivity index (χ2n) is 7.58. The highest BCUT2D eigenvalue weighted by Gasteiger charge is 2.26. The van der Waals surface area contributed by atoms with Crippen molar-refractivity contribution in [2.24, 2.45) is 4.99 Å². The highest BCUT2D eigenvalue weighted by atomic mass is 16.3. The van der Waals surface area contributed by atoms with Crippen LogP contribution in [0.1, 0.15) is 64.7 Å². The summed E-state index contributed by atoms with van der Waals surface area (Å²) in [6, 6.07) is 4.01. The van der Waals surface area contributed by atoms with Gasteiger partial charge in [0, 0.05) is 30.5 Å². The van der Waals surface area contributed by atoms with E-state index >= 15 is 0 Å². The molecule has 0 amide bonds. The molecule has 21 heavy (non-hydrogen) atoms. The lowest BCUT2D eigenvalue weighted by Crippen LogP contribution is -2.17. The molecule has 1 rings (SSSR count). The van der Waals surface area contributed by atoms with E-state index in [1.54, 1.807) is 0 Å². The van der Waals surface area contributed by atoms with Crippen molar-refractivity contribution < 1.29 is 10.2 Å². The number of phenols is 1. The van der Waals surface area contributed by atoms with E-state index in [2.05, 4.69) is 46.5 Å². The average Bonchev–Trinajstić information content (AvgIpc) is 2.33. The summed E-state index contributed by atoms with van der Waals surface area (Å²) in [6.07, 6.45) is 2.51. The van der Waals surface area contributed by atoms with Crippen molar-refractivity contribution >= 4 is 6.21 Å². The summed E-state index contributed by atoms with van der Waals surface area (Å²) in [4.78, 5) is 4.34. The minimum absolute atomic E-state index is 0.126. The van der Waals surface area contributed by atoms with Crippen LogP contribution in [0.15, 0.2) is 17.1 Å². The smallest absolute Gasteiger partial charge is 0.123 e. The number of aliphatic imine (C=N–C) groups is 1. The SMILES string of the molecule is CC(C)(C)c1cc(C=NCCCO)cc(C(C)(C)C)c1O. The molecule has 0 atom stereocenters. The molecule has 3 nitrogen and oxygen atoms in total. The third-order valence-corrected chi connectivity index (χ3v) is 3.43. The number of hydrogen-bond acceptors (Lipinski definition) is 3. The lowest BCUT2D eigenvalue weighted by Gasteiger charge is -2.27. The minimum atomic E-state index is -0.126. The Morgan fingerprint density at radius 3 is 1.86 bits per heavy atom. The zero-order valence-corrected chi connectivity index (χ0v) is 14.2. The van der Waals surface area contributed by atoms with Crippen LogP contribution in [0.2, 0.25) is 0 Å². The van der Waals surface area contributed by atoms with Gasteiger partial charge in [-0.3, -0.25) is 4.99 Å². The molecule has 0 unspecified atom stereocenters. The molecule has 0 spiro atoms. The number of aromatic hydroxyl groups is 1. The largest absolute Gasteiger partial charge is 0.507 e. The second-order valence-corrected chi connectivity index (χ2v) is 7.58. The van der Waals surface area contributed by atoms with Crippen LogP contribution in [0.25, 0.3) is 0 Å². The van der Waals surface area contributed by atoms with Gasteiger partial charge >= 0.3 is 0 Å². The maximum absolute atomic E-state index is 10.6. The number of benzene rings is 1. The molecule has 0 aromatic heterocycles. The van der Waals surface area contributed by atoms with E-state index in [1.807, 2.05) is 18.3 Å². The number of hydrogen-bond donors (Lipinski definition) is 2. The average molecular weight is 291 g/mol. The molecule has 118 valence electrons. The molecular formula is C18H29NO2. The Morgan fingerprint density at radius 1 is 1.00 bits per heavy atom. The van der Waals surface area contributed by atoms with Gasteiger partial charge in [-0.05, 0) is 34.9 Å². The lowest BCUT2D eigenvalue weighted by atomic mass is 9.78. The Morgan fingerprint density at radius 2 is 1.48 bits per heavy atom. The number of aliphatic hydroxyl groups excluding tert-OH is 1. The van der Waals surface area contributed by atoms with E-state index in [9.17, 15) is 5.11 Å². The third-order valence-electron chi connectivity index (χ3n) is 3.43. The summed E-state index contributed by atoms with van der Waals surface area (Å²) in [5.41, 5.74) is 2.63. The molecule has 0 saturated carbocycles. The molecule has 0 aliphatic heterocycles. The summed E-state index contributed by atoms with van der Waals surface area (Å²) < 4.78 is 0. The topological polar surface area (TPSA) is 52.8 Å². The zero-order valence-electron chi connectivity index (χ0n) is 14.2. The molecule has 0 heterocycles. The van der Waals surface area contributed by atoms with E-state index in [-0.39, 0.29) is 17.4 Å². The highest BCUT2D eigenvalue weighted by Crippen LogP contribution is 2.39. The maximum atomic E-state index is 10.6. The van der Waals surface area contributed by atoms with Crippen LogP contribution in [-0.4, -0.2) is 29.6 Å². The molecule has 1 aromatic carbocycles. The van der Waals surface area contributed by atoms with E-state index < -0.39 is 0 Å². The fourth-order valence-electron chi connectivity index (χ4n) is 2.21. The van der Waals surface area contributed by atoms with Gasteiger partial charge in [0.2, 0.25) is 0 Å². The Hall–Kier alpha value is -1.35. The molecule has 2 N–H and O–H groups in total. The van der Waals surface area contributed by atoms with Crippen LogP contribution in [0.3, 0.4) is 0 Å². The molecule has 0 fully saturated rings. The summed E-state index contributed by atoms with van der Waals surface area (Å²) in [5.74, 6) is 0.391. The summed E-state index contributed by atoms with van der Waals surface area (Å²) in [5, 5.41) is 19.4. The van der Waals surface area contributed by atoms with Gasteiger partial charge in [-0.2, -0.15) is 0 Å². The molecule has 0 aliphatic rings. The standard InChI is InChI=1S/C18H29NO2/c1-17(2,3)14-10-13(12-19-8-7-9-20)11-15(16(14)21)18(4,5)6/h10-12,20-21H,7-9H2,1-6H3. The third kappa shape index (κ3) is 4.85.